The van der Waals surface area contributed by atoms with Crippen LogP contribution in [0.4, 0.5) is 11.4 Å². The Kier molecular flexibility index (Phi) is 6.72. The van der Waals surface area contributed by atoms with Crippen molar-refractivity contribution in [3.8, 4) is 5.75 Å². The number of benzene rings is 2. The predicted octanol–water partition coefficient (Wildman–Crippen LogP) is 4.92. The Labute approximate surface area is 199 Å². The summed E-state index contributed by atoms with van der Waals surface area (Å²) in [5.74, 6) is 0.424. The van der Waals surface area contributed by atoms with Crippen LogP contribution in [0.15, 0.2) is 63.7 Å². The minimum absolute atomic E-state index is 0.109. The number of ether oxygens (including phenoxy) is 1. The Bertz CT molecular complexity index is 1130. The van der Waals surface area contributed by atoms with Crippen molar-refractivity contribution in [2.24, 2.45) is 0 Å². The average molecular weight is 519 g/mol. The van der Waals surface area contributed by atoms with Crippen LogP contribution in [0.25, 0.3) is 0 Å². The first-order chi connectivity index (χ1) is 15.5. The number of anilines is 2. The maximum Gasteiger partial charge on any atom is 0.289 e. The second kappa shape index (κ2) is 9.67. The Morgan fingerprint density at radius 2 is 1.88 bits per heavy atom. The van der Waals surface area contributed by atoms with Gasteiger partial charge in [-0.05, 0) is 48.5 Å². The van der Waals surface area contributed by atoms with Gasteiger partial charge in [0.15, 0.2) is 5.76 Å². The number of nitrogens with one attached hydrogen (secondary N) is 1. The van der Waals surface area contributed by atoms with Crippen LogP contribution in [-0.4, -0.2) is 50.0 Å². The van der Waals surface area contributed by atoms with Crippen LogP contribution in [0, 0.1) is 0 Å². The van der Waals surface area contributed by atoms with Gasteiger partial charge in [-0.3, -0.25) is 9.59 Å². The van der Waals surface area contributed by atoms with E-state index in [1.165, 1.54) is 13.4 Å². The van der Waals surface area contributed by atoms with Gasteiger partial charge in [-0.25, -0.2) is 0 Å². The molecule has 1 aromatic heterocycles. The normalized spacial score (nSPS) is 13.7. The fourth-order valence-corrected chi connectivity index (χ4v) is 4.26. The van der Waals surface area contributed by atoms with Crippen LogP contribution in [0.5, 0.6) is 5.75 Å². The lowest BCUT2D eigenvalue weighted by atomic mass is 10.1. The SMILES string of the molecule is COc1ccc(Br)cc1C(=O)Nc1ccc(N2CCN(C(=O)c3ccco3)CC2)c(Cl)c1. The van der Waals surface area contributed by atoms with Gasteiger partial charge >= 0.3 is 0 Å². The lowest BCUT2D eigenvalue weighted by molar-refractivity contribution is 0.0714. The topological polar surface area (TPSA) is 75.0 Å². The van der Waals surface area contributed by atoms with Crippen LogP contribution in [0.2, 0.25) is 5.02 Å². The van der Waals surface area contributed by atoms with Crippen molar-refractivity contribution >= 4 is 50.7 Å². The Balaban J connectivity index is 1.41. The molecule has 1 N–H and O–H groups in total. The van der Waals surface area contributed by atoms with Gasteiger partial charge in [-0.1, -0.05) is 27.5 Å². The summed E-state index contributed by atoms with van der Waals surface area (Å²) in [5, 5.41) is 3.39. The molecule has 0 unspecified atom stereocenters. The highest BCUT2D eigenvalue weighted by molar-refractivity contribution is 9.10. The number of amides is 2. The van der Waals surface area contributed by atoms with Crippen molar-refractivity contribution in [3.05, 3.63) is 75.6 Å². The number of carbonyl (C=O) groups excluding carboxylic acids is 2. The Morgan fingerprint density at radius 3 is 2.53 bits per heavy atom. The maximum absolute atomic E-state index is 12.7. The lowest BCUT2D eigenvalue weighted by Gasteiger charge is -2.36. The molecule has 2 heterocycles. The summed E-state index contributed by atoms with van der Waals surface area (Å²) in [6.45, 7) is 2.42. The van der Waals surface area contributed by atoms with E-state index >= 15 is 0 Å². The fraction of sp³-hybridized carbons (Fsp3) is 0.217. The quantitative estimate of drug-likeness (QED) is 0.519. The highest BCUT2D eigenvalue weighted by atomic mass is 79.9. The third kappa shape index (κ3) is 4.76. The molecule has 1 aliphatic rings. The summed E-state index contributed by atoms with van der Waals surface area (Å²) in [7, 11) is 1.52. The minimum atomic E-state index is -0.294. The molecule has 166 valence electrons. The average Bonchev–Trinajstić information content (AvgIpc) is 3.34. The van der Waals surface area contributed by atoms with Gasteiger partial charge in [0.25, 0.3) is 11.8 Å². The molecule has 32 heavy (non-hydrogen) atoms. The summed E-state index contributed by atoms with van der Waals surface area (Å²) < 4.78 is 11.3. The number of hydrogen-bond acceptors (Lipinski definition) is 5. The molecule has 0 aliphatic carbocycles. The molecule has 2 amide bonds. The molecule has 1 aliphatic heterocycles. The highest BCUT2D eigenvalue weighted by Gasteiger charge is 2.25. The van der Waals surface area contributed by atoms with E-state index in [-0.39, 0.29) is 11.8 Å². The van der Waals surface area contributed by atoms with E-state index in [1.807, 2.05) is 18.2 Å². The van der Waals surface area contributed by atoms with E-state index in [0.717, 1.165) is 10.2 Å². The molecular formula is C23H21BrClN3O4. The summed E-state index contributed by atoms with van der Waals surface area (Å²) >= 11 is 9.91. The van der Waals surface area contributed by atoms with Gasteiger partial charge in [0.2, 0.25) is 0 Å². The largest absolute Gasteiger partial charge is 0.496 e. The van der Waals surface area contributed by atoms with Crippen molar-refractivity contribution in [2.45, 2.75) is 0 Å². The molecule has 0 spiro atoms. The number of rotatable bonds is 5. The van der Waals surface area contributed by atoms with Crippen molar-refractivity contribution < 1.29 is 18.7 Å². The van der Waals surface area contributed by atoms with E-state index in [0.29, 0.717) is 54.0 Å². The van der Waals surface area contributed by atoms with Gasteiger partial charge in [-0.15, -0.1) is 0 Å². The molecule has 0 atom stereocenters. The third-order valence-corrected chi connectivity index (χ3v) is 6.05. The van der Waals surface area contributed by atoms with Crippen molar-refractivity contribution in [1.82, 2.24) is 4.90 Å². The predicted molar refractivity (Wildman–Crippen MR) is 127 cm³/mol. The minimum Gasteiger partial charge on any atom is -0.496 e. The second-order valence-electron chi connectivity index (χ2n) is 7.22. The smallest absolute Gasteiger partial charge is 0.289 e. The maximum atomic E-state index is 12.7. The molecule has 0 bridgehead atoms. The van der Waals surface area contributed by atoms with Gasteiger partial charge < -0.3 is 24.3 Å². The van der Waals surface area contributed by atoms with Crippen molar-refractivity contribution in [2.75, 3.05) is 43.5 Å². The Hall–Kier alpha value is -2.97. The third-order valence-electron chi connectivity index (χ3n) is 5.25. The molecule has 9 heteroatoms. The monoisotopic (exact) mass is 517 g/mol. The first-order valence-electron chi connectivity index (χ1n) is 9.98. The summed E-state index contributed by atoms with van der Waals surface area (Å²) in [4.78, 5) is 29.1. The number of carbonyl (C=O) groups is 2. The zero-order valence-corrected chi connectivity index (χ0v) is 19.6. The zero-order valence-electron chi connectivity index (χ0n) is 17.3. The first-order valence-corrected chi connectivity index (χ1v) is 11.2. The molecule has 3 aromatic rings. The van der Waals surface area contributed by atoms with Crippen LogP contribution >= 0.6 is 27.5 Å². The summed E-state index contributed by atoms with van der Waals surface area (Å²) in [6.07, 6.45) is 1.50. The fourth-order valence-electron chi connectivity index (χ4n) is 3.60. The molecule has 7 nitrogen and oxygen atoms in total. The van der Waals surface area contributed by atoms with Crippen LogP contribution < -0.4 is 15.0 Å². The van der Waals surface area contributed by atoms with Gasteiger partial charge in [0.05, 0.1) is 29.6 Å². The van der Waals surface area contributed by atoms with Gasteiger partial charge in [0.1, 0.15) is 5.75 Å². The van der Waals surface area contributed by atoms with E-state index in [2.05, 4.69) is 26.1 Å². The lowest BCUT2D eigenvalue weighted by Crippen LogP contribution is -2.48. The molecule has 1 saturated heterocycles. The standard InChI is InChI=1S/C23H21BrClN3O4/c1-31-20-7-4-15(24)13-17(20)22(29)26-16-5-6-19(18(25)14-16)27-8-10-28(11-9-27)23(30)21-3-2-12-32-21/h2-7,12-14H,8-11H2,1H3,(H,26,29). The van der Waals surface area contributed by atoms with E-state index in [4.69, 9.17) is 20.8 Å². The zero-order chi connectivity index (χ0) is 22.7. The summed E-state index contributed by atoms with van der Waals surface area (Å²) in [6, 6.07) is 14.0. The highest BCUT2D eigenvalue weighted by Crippen LogP contribution is 2.31. The Morgan fingerprint density at radius 1 is 1.09 bits per heavy atom. The van der Waals surface area contributed by atoms with Crippen LogP contribution in [-0.2, 0) is 0 Å². The van der Waals surface area contributed by atoms with E-state index in [9.17, 15) is 9.59 Å². The van der Waals surface area contributed by atoms with Gasteiger partial charge in [-0.2, -0.15) is 0 Å². The number of hydrogen-bond donors (Lipinski definition) is 1. The van der Waals surface area contributed by atoms with Crippen LogP contribution in [0.3, 0.4) is 0 Å². The number of methoxy groups -OCH3 is 1. The van der Waals surface area contributed by atoms with Crippen molar-refractivity contribution in [3.63, 3.8) is 0 Å². The van der Waals surface area contributed by atoms with Crippen molar-refractivity contribution in [1.29, 1.82) is 0 Å². The number of piperazine rings is 1. The van der Waals surface area contributed by atoms with E-state index in [1.54, 1.807) is 35.2 Å². The molecular weight excluding hydrogens is 498 g/mol. The summed E-state index contributed by atoms with van der Waals surface area (Å²) in [5.41, 5.74) is 1.85. The van der Waals surface area contributed by atoms with Crippen LogP contribution in [0.1, 0.15) is 20.9 Å². The second-order valence-corrected chi connectivity index (χ2v) is 8.54. The van der Waals surface area contributed by atoms with E-state index < -0.39 is 0 Å². The molecule has 2 aromatic carbocycles. The molecule has 0 radical (unpaired) electrons. The molecule has 1 fully saturated rings. The number of nitrogens with zero attached hydrogens (tertiary/aromatic N) is 2. The molecule has 0 saturated carbocycles. The first kappa shape index (κ1) is 22.2. The number of furan rings is 1. The molecule has 4 rings (SSSR count). The number of halogens is 2. The van der Waals surface area contributed by atoms with Gasteiger partial charge in [0, 0.05) is 36.3 Å².